The summed E-state index contributed by atoms with van der Waals surface area (Å²) in [6, 6.07) is 4.82. The summed E-state index contributed by atoms with van der Waals surface area (Å²) in [6.45, 7) is 4.76. The molecule has 2 atom stereocenters. The zero-order valence-electron chi connectivity index (χ0n) is 13.7. The fraction of sp³-hybridized carbons (Fsp3) is 0.611. The average Bonchev–Trinajstić information content (AvgIpc) is 3.08. The van der Waals surface area contributed by atoms with Crippen molar-refractivity contribution in [2.75, 3.05) is 31.1 Å². The summed E-state index contributed by atoms with van der Waals surface area (Å²) in [5, 5.41) is 9.75. The molecule has 3 rings (SSSR count). The molecular formula is C18H25FN2O2. The molecule has 1 aromatic carbocycles. The number of rotatable bonds is 3. The zero-order valence-corrected chi connectivity index (χ0v) is 13.7. The Labute approximate surface area is 136 Å². The number of amides is 1. The molecule has 0 radical (unpaired) electrons. The van der Waals surface area contributed by atoms with E-state index in [1.54, 1.807) is 24.0 Å². The maximum absolute atomic E-state index is 14.4. The van der Waals surface area contributed by atoms with Crippen molar-refractivity contribution in [3.05, 3.63) is 29.6 Å². The first kappa shape index (κ1) is 16.2. The number of nitrogens with zero attached hydrogens (tertiary/aromatic N) is 2. The van der Waals surface area contributed by atoms with Crippen LogP contribution in [0.25, 0.3) is 0 Å². The third kappa shape index (κ3) is 3.50. The number of piperidine rings is 1. The first-order valence-electron chi connectivity index (χ1n) is 8.58. The van der Waals surface area contributed by atoms with Crippen LogP contribution in [-0.2, 0) is 0 Å². The van der Waals surface area contributed by atoms with Gasteiger partial charge < -0.3 is 14.9 Å². The molecule has 1 amide bonds. The van der Waals surface area contributed by atoms with Crippen molar-refractivity contribution >= 4 is 11.6 Å². The van der Waals surface area contributed by atoms with Crippen LogP contribution in [0, 0.1) is 11.7 Å². The van der Waals surface area contributed by atoms with Crippen LogP contribution in [0.5, 0.6) is 0 Å². The minimum Gasteiger partial charge on any atom is -0.393 e. The van der Waals surface area contributed by atoms with Gasteiger partial charge in [0, 0.05) is 37.7 Å². The van der Waals surface area contributed by atoms with Crippen LogP contribution in [-0.4, -0.2) is 48.2 Å². The minimum atomic E-state index is -0.417. The zero-order chi connectivity index (χ0) is 16.4. The van der Waals surface area contributed by atoms with Gasteiger partial charge in [-0.2, -0.15) is 0 Å². The molecular weight excluding hydrogens is 295 g/mol. The van der Waals surface area contributed by atoms with Crippen LogP contribution >= 0.6 is 0 Å². The molecule has 2 unspecified atom stereocenters. The van der Waals surface area contributed by atoms with Crippen molar-refractivity contribution in [3.63, 3.8) is 0 Å². The Morgan fingerprint density at radius 2 is 2.00 bits per heavy atom. The normalized spacial score (nSPS) is 23.2. The molecule has 2 saturated heterocycles. The second kappa shape index (κ2) is 6.87. The highest BCUT2D eigenvalue weighted by atomic mass is 19.1. The fourth-order valence-electron chi connectivity index (χ4n) is 3.63. The molecule has 2 fully saturated rings. The number of benzene rings is 1. The van der Waals surface area contributed by atoms with Crippen molar-refractivity contribution in [3.8, 4) is 0 Å². The van der Waals surface area contributed by atoms with Crippen molar-refractivity contribution in [2.45, 2.75) is 38.7 Å². The third-order valence-corrected chi connectivity index (χ3v) is 5.07. The highest BCUT2D eigenvalue weighted by Gasteiger charge is 2.27. The number of anilines is 1. The summed E-state index contributed by atoms with van der Waals surface area (Å²) in [5.74, 6) is -0.342. The second-order valence-corrected chi connectivity index (χ2v) is 6.75. The van der Waals surface area contributed by atoms with Gasteiger partial charge in [0.15, 0.2) is 0 Å². The molecule has 0 saturated carbocycles. The van der Waals surface area contributed by atoms with Crippen molar-refractivity contribution < 1.29 is 14.3 Å². The Balaban J connectivity index is 1.73. The van der Waals surface area contributed by atoms with Crippen LogP contribution in [0.2, 0.25) is 0 Å². The molecule has 23 heavy (non-hydrogen) atoms. The summed E-state index contributed by atoms with van der Waals surface area (Å²) in [7, 11) is 0. The number of hydrogen-bond donors (Lipinski definition) is 1. The van der Waals surface area contributed by atoms with E-state index in [1.807, 2.05) is 4.90 Å². The number of likely N-dealkylation sites (tertiary alicyclic amines) is 1. The van der Waals surface area contributed by atoms with Gasteiger partial charge in [-0.25, -0.2) is 4.39 Å². The summed E-state index contributed by atoms with van der Waals surface area (Å²) in [5.41, 5.74) is 0.997. The molecule has 2 aliphatic heterocycles. The van der Waals surface area contributed by atoms with E-state index in [0.29, 0.717) is 24.3 Å². The molecule has 0 aliphatic carbocycles. The largest absolute Gasteiger partial charge is 0.393 e. The number of hydrogen-bond acceptors (Lipinski definition) is 3. The molecule has 5 heteroatoms. The lowest BCUT2D eigenvalue weighted by Gasteiger charge is -2.34. The number of aliphatic hydroxyl groups excluding tert-OH is 1. The predicted octanol–water partition coefficient (Wildman–Crippen LogP) is 2.66. The first-order chi connectivity index (χ1) is 11.1. The molecule has 1 aromatic rings. The van der Waals surface area contributed by atoms with Crippen LogP contribution in [0.3, 0.4) is 0 Å². The van der Waals surface area contributed by atoms with E-state index in [1.165, 1.54) is 6.07 Å². The summed E-state index contributed by atoms with van der Waals surface area (Å²) in [6.07, 6.45) is 3.59. The standard InChI is InChI=1S/C18H25FN2O2/c1-13(22)15-5-4-10-21(12-15)18(23)14-6-7-17(16(19)11-14)20-8-2-3-9-20/h6-7,11,13,15,22H,2-5,8-10,12H2,1H3. The molecule has 1 N–H and O–H groups in total. The maximum atomic E-state index is 14.4. The van der Waals surface area contributed by atoms with Gasteiger partial charge in [-0.15, -0.1) is 0 Å². The monoisotopic (exact) mass is 320 g/mol. The van der Waals surface area contributed by atoms with Gasteiger partial charge in [0.05, 0.1) is 11.8 Å². The van der Waals surface area contributed by atoms with E-state index in [9.17, 15) is 14.3 Å². The molecule has 126 valence electrons. The van der Waals surface area contributed by atoms with Crippen molar-refractivity contribution in [1.82, 2.24) is 4.90 Å². The van der Waals surface area contributed by atoms with Gasteiger partial charge in [0.1, 0.15) is 5.82 Å². The molecule has 2 aliphatic rings. The number of aliphatic hydroxyl groups is 1. The molecule has 4 nitrogen and oxygen atoms in total. The lowest BCUT2D eigenvalue weighted by molar-refractivity contribution is 0.0465. The highest BCUT2D eigenvalue weighted by Crippen LogP contribution is 2.26. The Bertz CT molecular complexity index is 570. The molecule has 0 spiro atoms. The predicted molar refractivity (Wildman–Crippen MR) is 88.2 cm³/mol. The van der Waals surface area contributed by atoms with E-state index in [4.69, 9.17) is 0 Å². The van der Waals surface area contributed by atoms with Gasteiger partial charge in [-0.3, -0.25) is 4.79 Å². The van der Waals surface area contributed by atoms with E-state index < -0.39 is 6.10 Å². The van der Waals surface area contributed by atoms with Gasteiger partial charge >= 0.3 is 0 Å². The van der Waals surface area contributed by atoms with E-state index in [-0.39, 0.29) is 17.6 Å². The quantitative estimate of drug-likeness (QED) is 0.931. The van der Waals surface area contributed by atoms with Crippen LogP contribution in [0.4, 0.5) is 10.1 Å². The third-order valence-electron chi connectivity index (χ3n) is 5.07. The van der Waals surface area contributed by atoms with Gasteiger partial charge in [-0.05, 0) is 50.8 Å². The maximum Gasteiger partial charge on any atom is 0.253 e. The summed E-state index contributed by atoms with van der Waals surface area (Å²) < 4.78 is 14.4. The lowest BCUT2D eigenvalue weighted by atomic mass is 9.93. The smallest absolute Gasteiger partial charge is 0.253 e. The Hall–Kier alpha value is -1.62. The highest BCUT2D eigenvalue weighted by molar-refractivity contribution is 5.94. The van der Waals surface area contributed by atoms with Crippen molar-refractivity contribution in [2.24, 2.45) is 5.92 Å². The Morgan fingerprint density at radius 1 is 1.26 bits per heavy atom. The summed E-state index contributed by atoms with van der Waals surface area (Å²) >= 11 is 0. The average molecular weight is 320 g/mol. The van der Waals surface area contributed by atoms with Gasteiger partial charge in [-0.1, -0.05) is 0 Å². The van der Waals surface area contributed by atoms with Crippen molar-refractivity contribution in [1.29, 1.82) is 0 Å². The van der Waals surface area contributed by atoms with Gasteiger partial charge in [0.25, 0.3) is 5.91 Å². The van der Waals surface area contributed by atoms with E-state index >= 15 is 0 Å². The van der Waals surface area contributed by atoms with E-state index in [0.717, 1.165) is 38.8 Å². The number of carbonyl (C=O) groups is 1. The molecule has 2 heterocycles. The topological polar surface area (TPSA) is 43.8 Å². The molecule has 0 aromatic heterocycles. The fourth-order valence-corrected chi connectivity index (χ4v) is 3.63. The first-order valence-corrected chi connectivity index (χ1v) is 8.58. The minimum absolute atomic E-state index is 0.112. The second-order valence-electron chi connectivity index (χ2n) is 6.75. The van der Waals surface area contributed by atoms with Crippen LogP contribution in [0.1, 0.15) is 43.0 Å². The number of carbonyl (C=O) groups excluding carboxylic acids is 1. The lowest BCUT2D eigenvalue weighted by Crippen LogP contribution is -2.43. The Morgan fingerprint density at radius 3 is 2.65 bits per heavy atom. The van der Waals surface area contributed by atoms with E-state index in [2.05, 4.69) is 0 Å². The SMILES string of the molecule is CC(O)C1CCCN(C(=O)c2ccc(N3CCCC3)c(F)c2)C1. The van der Waals surface area contributed by atoms with Crippen LogP contribution in [0.15, 0.2) is 18.2 Å². The van der Waals surface area contributed by atoms with Crippen LogP contribution < -0.4 is 4.90 Å². The number of halogens is 1. The Kier molecular flexibility index (Phi) is 4.85. The molecule has 0 bridgehead atoms. The van der Waals surface area contributed by atoms with Gasteiger partial charge in [0.2, 0.25) is 0 Å². The summed E-state index contributed by atoms with van der Waals surface area (Å²) in [4.78, 5) is 16.4.